The van der Waals surface area contributed by atoms with Crippen LogP contribution in [0.15, 0.2) is 0 Å². The number of hydrogen-bond acceptors (Lipinski definition) is 2. The van der Waals surface area contributed by atoms with E-state index in [9.17, 15) is 4.79 Å². The first-order chi connectivity index (χ1) is 5.74. The number of rotatable bonds is 2. The average molecular weight is 168 g/mol. The van der Waals surface area contributed by atoms with Crippen LogP contribution in [0.1, 0.15) is 19.3 Å². The van der Waals surface area contributed by atoms with Crippen LogP contribution in [0.5, 0.6) is 0 Å². The zero-order valence-corrected chi connectivity index (χ0v) is 7.33. The highest BCUT2D eigenvalue weighted by atomic mass is 16.1. The molecule has 2 rings (SSSR count). The van der Waals surface area contributed by atoms with Crippen molar-refractivity contribution in [3.05, 3.63) is 0 Å². The van der Waals surface area contributed by atoms with Crippen molar-refractivity contribution in [2.45, 2.75) is 19.3 Å². The number of piperidine rings is 1. The summed E-state index contributed by atoms with van der Waals surface area (Å²) in [6.45, 7) is 3.59. The molecule has 0 aromatic rings. The van der Waals surface area contributed by atoms with Crippen LogP contribution in [0.2, 0.25) is 0 Å². The fourth-order valence-corrected chi connectivity index (χ4v) is 2.61. The molecular formula is C9H16N2O. The predicted octanol–water partition coefficient (Wildman–Crippen LogP) is 0.204. The number of amides is 1. The molecule has 2 fully saturated rings. The van der Waals surface area contributed by atoms with Crippen molar-refractivity contribution < 1.29 is 4.79 Å². The van der Waals surface area contributed by atoms with Gasteiger partial charge in [-0.15, -0.1) is 0 Å². The summed E-state index contributed by atoms with van der Waals surface area (Å²) in [7, 11) is 0. The fourth-order valence-electron chi connectivity index (χ4n) is 2.61. The van der Waals surface area contributed by atoms with Crippen LogP contribution in [0.25, 0.3) is 0 Å². The van der Waals surface area contributed by atoms with Crippen LogP contribution in [0.3, 0.4) is 0 Å². The minimum Gasteiger partial charge on any atom is -0.370 e. The van der Waals surface area contributed by atoms with Crippen molar-refractivity contribution in [2.75, 3.05) is 19.6 Å². The Balaban J connectivity index is 1.89. The first-order valence-electron chi connectivity index (χ1n) is 4.74. The third-order valence-corrected chi connectivity index (χ3v) is 3.04. The van der Waals surface area contributed by atoms with E-state index in [1.54, 1.807) is 0 Å². The third-order valence-electron chi connectivity index (χ3n) is 3.04. The monoisotopic (exact) mass is 168 g/mol. The van der Waals surface area contributed by atoms with Gasteiger partial charge in [-0.25, -0.2) is 0 Å². The lowest BCUT2D eigenvalue weighted by molar-refractivity contribution is -0.119. The van der Waals surface area contributed by atoms with Crippen LogP contribution in [0.4, 0.5) is 0 Å². The highest BCUT2D eigenvalue weighted by molar-refractivity contribution is 5.74. The second-order valence-electron chi connectivity index (χ2n) is 4.19. The summed E-state index contributed by atoms with van der Waals surface area (Å²) in [6.07, 6.45) is 3.14. The highest BCUT2D eigenvalue weighted by Gasteiger charge is 2.32. The van der Waals surface area contributed by atoms with Gasteiger partial charge in [0, 0.05) is 19.5 Å². The number of nitrogens with two attached hydrogens (primary N) is 1. The molecule has 0 aliphatic carbocycles. The van der Waals surface area contributed by atoms with E-state index in [4.69, 9.17) is 5.73 Å². The molecule has 0 aromatic heterocycles. The molecule has 68 valence electrons. The number of carbonyl (C=O) groups excluding carboxylic acids is 1. The summed E-state index contributed by atoms with van der Waals surface area (Å²) in [4.78, 5) is 13.2. The maximum atomic E-state index is 10.7. The van der Waals surface area contributed by atoms with E-state index in [-0.39, 0.29) is 5.91 Å². The molecule has 12 heavy (non-hydrogen) atoms. The Morgan fingerprint density at radius 3 is 3.00 bits per heavy atom. The van der Waals surface area contributed by atoms with Crippen LogP contribution in [-0.4, -0.2) is 30.4 Å². The Hall–Kier alpha value is -0.570. The molecule has 0 saturated carbocycles. The molecule has 3 atom stereocenters. The third kappa shape index (κ3) is 1.61. The SMILES string of the molecule is NC(=O)CC1CC2CCN(C2)C1. The zero-order chi connectivity index (χ0) is 8.55. The van der Waals surface area contributed by atoms with Gasteiger partial charge in [0.15, 0.2) is 0 Å². The van der Waals surface area contributed by atoms with E-state index in [1.807, 2.05) is 0 Å². The summed E-state index contributed by atoms with van der Waals surface area (Å²) >= 11 is 0. The van der Waals surface area contributed by atoms with E-state index in [0.29, 0.717) is 12.3 Å². The maximum Gasteiger partial charge on any atom is 0.217 e. The topological polar surface area (TPSA) is 46.3 Å². The van der Waals surface area contributed by atoms with Gasteiger partial charge in [-0.2, -0.15) is 0 Å². The Morgan fingerprint density at radius 1 is 1.50 bits per heavy atom. The normalized spacial score (nSPS) is 39.8. The van der Waals surface area contributed by atoms with Gasteiger partial charge in [-0.05, 0) is 31.2 Å². The van der Waals surface area contributed by atoms with Gasteiger partial charge in [0.2, 0.25) is 5.91 Å². The van der Waals surface area contributed by atoms with Crippen molar-refractivity contribution in [2.24, 2.45) is 17.6 Å². The summed E-state index contributed by atoms with van der Waals surface area (Å²) in [5.74, 6) is 1.26. The van der Waals surface area contributed by atoms with Crippen LogP contribution >= 0.6 is 0 Å². The van der Waals surface area contributed by atoms with Gasteiger partial charge in [-0.3, -0.25) is 4.79 Å². The number of carbonyl (C=O) groups is 1. The molecule has 0 radical (unpaired) electrons. The largest absolute Gasteiger partial charge is 0.370 e. The minimum absolute atomic E-state index is 0.137. The summed E-state index contributed by atoms with van der Waals surface area (Å²) in [6, 6.07) is 0. The zero-order valence-electron chi connectivity index (χ0n) is 7.33. The van der Waals surface area contributed by atoms with E-state index >= 15 is 0 Å². The highest BCUT2D eigenvalue weighted by Crippen LogP contribution is 2.31. The molecular weight excluding hydrogens is 152 g/mol. The molecule has 2 N–H and O–H groups in total. The molecule has 2 saturated heterocycles. The standard InChI is InChI=1S/C9H16N2O/c10-9(12)4-8-3-7-1-2-11(5-7)6-8/h7-8H,1-6H2,(H2,10,12). The number of hydrogen-bond donors (Lipinski definition) is 1. The first-order valence-corrected chi connectivity index (χ1v) is 4.74. The molecule has 3 heteroatoms. The fraction of sp³-hybridized carbons (Fsp3) is 0.889. The van der Waals surface area contributed by atoms with Gasteiger partial charge in [0.25, 0.3) is 0 Å². The summed E-state index contributed by atoms with van der Waals surface area (Å²) in [5.41, 5.74) is 5.18. The van der Waals surface area contributed by atoms with Crippen molar-refractivity contribution in [3.63, 3.8) is 0 Å². The Labute approximate surface area is 72.9 Å². The molecule has 2 aliphatic heterocycles. The smallest absolute Gasteiger partial charge is 0.217 e. The van der Waals surface area contributed by atoms with Crippen molar-refractivity contribution in [3.8, 4) is 0 Å². The Morgan fingerprint density at radius 2 is 2.33 bits per heavy atom. The van der Waals surface area contributed by atoms with Crippen molar-refractivity contribution >= 4 is 5.91 Å². The molecule has 3 unspecified atom stereocenters. The first kappa shape index (κ1) is 8.05. The van der Waals surface area contributed by atoms with Gasteiger partial charge >= 0.3 is 0 Å². The van der Waals surface area contributed by atoms with Gasteiger partial charge < -0.3 is 10.6 Å². The average Bonchev–Trinajstić information content (AvgIpc) is 2.29. The minimum atomic E-state index is -0.137. The molecule has 0 aromatic carbocycles. The Kier molecular flexibility index (Phi) is 2.05. The predicted molar refractivity (Wildman–Crippen MR) is 46.5 cm³/mol. The lowest BCUT2D eigenvalue weighted by Gasteiger charge is -2.29. The molecule has 1 amide bonds. The number of nitrogens with zero attached hydrogens (tertiary/aromatic N) is 1. The van der Waals surface area contributed by atoms with Crippen LogP contribution in [0, 0.1) is 11.8 Å². The second-order valence-corrected chi connectivity index (χ2v) is 4.19. The molecule has 2 heterocycles. The molecule has 3 nitrogen and oxygen atoms in total. The molecule has 0 spiro atoms. The quantitative estimate of drug-likeness (QED) is 0.640. The van der Waals surface area contributed by atoms with Crippen molar-refractivity contribution in [1.29, 1.82) is 0 Å². The van der Waals surface area contributed by atoms with Gasteiger partial charge in [-0.1, -0.05) is 0 Å². The Bertz CT molecular complexity index is 181. The van der Waals surface area contributed by atoms with Gasteiger partial charge in [0.1, 0.15) is 0 Å². The van der Waals surface area contributed by atoms with Crippen molar-refractivity contribution in [1.82, 2.24) is 4.90 Å². The van der Waals surface area contributed by atoms with E-state index in [2.05, 4.69) is 4.90 Å². The van der Waals surface area contributed by atoms with E-state index in [0.717, 1.165) is 12.5 Å². The van der Waals surface area contributed by atoms with Gasteiger partial charge in [0.05, 0.1) is 0 Å². The van der Waals surface area contributed by atoms with Crippen LogP contribution < -0.4 is 5.73 Å². The van der Waals surface area contributed by atoms with Crippen LogP contribution in [-0.2, 0) is 4.79 Å². The number of primary amides is 1. The summed E-state index contributed by atoms with van der Waals surface area (Å²) in [5, 5.41) is 0. The van der Waals surface area contributed by atoms with E-state index < -0.39 is 0 Å². The van der Waals surface area contributed by atoms with E-state index in [1.165, 1.54) is 25.9 Å². The lowest BCUT2D eigenvalue weighted by Crippen LogP contribution is -2.35. The lowest BCUT2D eigenvalue weighted by atomic mass is 9.89. The summed E-state index contributed by atoms with van der Waals surface area (Å²) < 4.78 is 0. The molecule has 2 bridgehead atoms. The molecule has 2 aliphatic rings. The maximum absolute atomic E-state index is 10.7. The number of fused-ring (bicyclic) bond motifs is 2. The second kappa shape index (κ2) is 3.05.